The monoisotopic (exact) mass is 375 g/mol. The Labute approximate surface area is 165 Å². The van der Waals surface area contributed by atoms with E-state index in [1.807, 2.05) is 0 Å². The molecule has 1 amide bonds. The van der Waals surface area contributed by atoms with Gasteiger partial charge >= 0.3 is 5.97 Å². The smallest absolute Gasteiger partial charge is 0.308 e. The van der Waals surface area contributed by atoms with Gasteiger partial charge in [-0.25, -0.2) is 0 Å². The van der Waals surface area contributed by atoms with Crippen LogP contribution in [0.25, 0.3) is 0 Å². The molecule has 1 aromatic carbocycles. The highest BCUT2D eigenvalue weighted by atomic mass is 16.5. The zero-order chi connectivity index (χ0) is 19.9. The van der Waals surface area contributed by atoms with Gasteiger partial charge in [0.05, 0.1) is 5.56 Å². The Morgan fingerprint density at radius 1 is 0.889 bits per heavy atom. The molecule has 1 aromatic rings. The zero-order valence-corrected chi connectivity index (χ0v) is 17.4. The van der Waals surface area contributed by atoms with Crippen molar-refractivity contribution in [3.05, 3.63) is 29.8 Å². The van der Waals surface area contributed by atoms with Gasteiger partial charge in [-0.2, -0.15) is 0 Å². The van der Waals surface area contributed by atoms with Crippen molar-refractivity contribution in [3.63, 3.8) is 0 Å². The molecule has 0 saturated heterocycles. The maximum atomic E-state index is 12.7. The summed E-state index contributed by atoms with van der Waals surface area (Å²) >= 11 is 0. The Bertz CT molecular complexity index is 556. The molecule has 0 aromatic heterocycles. The number of unbranched alkanes of at least 4 members (excludes halogenated alkanes) is 7. The molecule has 1 atom stereocenters. The molecule has 27 heavy (non-hydrogen) atoms. The third kappa shape index (κ3) is 10.2. The van der Waals surface area contributed by atoms with Crippen LogP contribution in [0.2, 0.25) is 0 Å². The molecule has 0 aliphatic heterocycles. The summed E-state index contributed by atoms with van der Waals surface area (Å²) in [5.41, 5.74) is 0.421. The molecule has 0 fully saturated rings. The number of hydrogen-bond donors (Lipinski definition) is 1. The van der Waals surface area contributed by atoms with Crippen molar-refractivity contribution in [3.8, 4) is 5.75 Å². The number of amides is 1. The van der Waals surface area contributed by atoms with E-state index in [4.69, 9.17) is 4.74 Å². The van der Waals surface area contributed by atoms with Gasteiger partial charge in [0, 0.05) is 13.0 Å². The molecule has 0 bridgehead atoms. The number of benzene rings is 1. The SMILES string of the molecule is CCCCCCCCCCC(CCC)NC(=O)c1ccccc1OC(C)=O. The number of carbonyl (C=O) groups is 2. The fourth-order valence-electron chi connectivity index (χ4n) is 3.32. The van der Waals surface area contributed by atoms with Crippen LogP contribution < -0.4 is 10.1 Å². The Morgan fingerprint density at radius 2 is 1.52 bits per heavy atom. The lowest BCUT2D eigenvalue weighted by atomic mass is 10.0. The predicted octanol–water partition coefficient (Wildman–Crippen LogP) is 6.04. The van der Waals surface area contributed by atoms with Gasteiger partial charge in [-0.15, -0.1) is 0 Å². The van der Waals surface area contributed by atoms with E-state index in [1.54, 1.807) is 24.3 Å². The van der Waals surface area contributed by atoms with Gasteiger partial charge in [0.1, 0.15) is 5.75 Å². The van der Waals surface area contributed by atoms with Gasteiger partial charge in [0.2, 0.25) is 0 Å². The first-order valence-electron chi connectivity index (χ1n) is 10.7. The van der Waals surface area contributed by atoms with E-state index in [0.29, 0.717) is 11.3 Å². The van der Waals surface area contributed by atoms with Crippen molar-refractivity contribution in [2.24, 2.45) is 0 Å². The number of esters is 1. The molecule has 1 rings (SSSR count). The number of carbonyl (C=O) groups excluding carboxylic acids is 2. The van der Waals surface area contributed by atoms with Gasteiger partial charge in [-0.1, -0.05) is 83.8 Å². The molecule has 1 unspecified atom stereocenters. The fourth-order valence-corrected chi connectivity index (χ4v) is 3.32. The first-order chi connectivity index (χ1) is 13.1. The lowest BCUT2D eigenvalue weighted by Gasteiger charge is -2.19. The van der Waals surface area contributed by atoms with Crippen molar-refractivity contribution in [2.45, 2.75) is 97.4 Å². The van der Waals surface area contributed by atoms with Crippen molar-refractivity contribution in [2.75, 3.05) is 0 Å². The van der Waals surface area contributed by atoms with E-state index >= 15 is 0 Å². The zero-order valence-electron chi connectivity index (χ0n) is 17.4. The maximum absolute atomic E-state index is 12.7. The Kier molecular flexibility index (Phi) is 12.2. The molecule has 1 N–H and O–H groups in total. The van der Waals surface area contributed by atoms with Crippen LogP contribution in [-0.4, -0.2) is 17.9 Å². The van der Waals surface area contributed by atoms with Crippen LogP contribution in [0.3, 0.4) is 0 Å². The molecule has 4 nitrogen and oxygen atoms in total. The van der Waals surface area contributed by atoms with Gasteiger partial charge in [-0.05, 0) is 25.0 Å². The molecule has 0 heterocycles. The van der Waals surface area contributed by atoms with Crippen LogP contribution in [0.4, 0.5) is 0 Å². The van der Waals surface area contributed by atoms with E-state index in [0.717, 1.165) is 25.7 Å². The summed E-state index contributed by atoms with van der Waals surface area (Å²) in [6, 6.07) is 7.08. The number of hydrogen-bond acceptors (Lipinski definition) is 3. The topological polar surface area (TPSA) is 55.4 Å². The van der Waals surface area contributed by atoms with E-state index < -0.39 is 5.97 Å². The Balaban J connectivity index is 2.45. The molecule has 152 valence electrons. The quantitative estimate of drug-likeness (QED) is 0.245. The number of rotatable bonds is 14. The molecule has 0 spiro atoms. The third-order valence-electron chi connectivity index (χ3n) is 4.76. The molecular formula is C23H37NO3. The highest BCUT2D eigenvalue weighted by Gasteiger charge is 2.17. The van der Waals surface area contributed by atoms with E-state index in [2.05, 4.69) is 19.2 Å². The summed E-state index contributed by atoms with van der Waals surface area (Å²) in [6.45, 7) is 5.73. The highest BCUT2D eigenvalue weighted by molar-refractivity contribution is 5.97. The summed E-state index contributed by atoms with van der Waals surface area (Å²) in [5.74, 6) is -0.256. The summed E-state index contributed by atoms with van der Waals surface area (Å²) in [4.78, 5) is 23.9. The summed E-state index contributed by atoms with van der Waals surface area (Å²) < 4.78 is 5.16. The Morgan fingerprint density at radius 3 is 2.15 bits per heavy atom. The average molecular weight is 376 g/mol. The minimum atomic E-state index is -0.417. The summed E-state index contributed by atoms with van der Waals surface area (Å²) in [7, 11) is 0. The largest absolute Gasteiger partial charge is 0.426 e. The summed E-state index contributed by atoms with van der Waals surface area (Å²) in [5, 5.41) is 3.14. The van der Waals surface area contributed by atoms with Crippen LogP contribution in [0, 0.1) is 0 Å². The molecule has 0 aliphatic carbocycles. The second kappa shape index (κ2) is 14.2. The Hall–Kier alpha value is -1.84. The molecule has 4 heteroatoms. The van der Waals surface area contributed by atoms with Crippen LogP contribution in [0.5, 0.6) is 5.75 Å². The highest BCUT2D eigenvalue weighted by Crippen LogP contribution is 2.19. The van der Waals surface area contributed by atoms with Crippen LogP contribution >= 0.6 is 0 Å². The average Bonchev–Trinajstić information content (AvgIpc) is 2.64. The van der Waals surface area contributed by atoms with E-state index in [1.165, 1.54) is 51.9 Å². The van der Waals surface area contributed by atoms with Gasteiger partial charge in [0.15, 0.2) is 0 Å². The minimum absolute atomic E-state index is 0.162. The first kappa shape index (κ1) is 23.2. The van der Waals surface area contributed by atoms with Crippen molar-refractivity contribution in [1.82, 2.24) is 5.32 Å². The number of ether oxygens (including phenoxy) is 1. The molecular weight excluding hydrogens is 338 g/mol. The maximum Gasteiger partial charge on any atom is 0.308 e. The van der Waals surface area contributed by atoms with Gasteiger partial charge in [-0.3, -0.25) is 9.59 Å². The first-order valence-corrected chi connectivity index (χ1v) is 10.7. The lowest BCUT2D eigenvalue weighted by Crippen LogP contribution is -2.35. The number of nitrogens with one attached hydrogen (secondary N) is 1. The van der Waals surface area contributed by atoms with Gasteiger partial charge in [0.25, 0.3) is 5.91 Å². The number of para-hydroxylation sites is 1. The van der Waals surface area contributed by atoms with Gasteiger partial charge < -0.3 is 10.1 Å². The van der Waals surface area contributed by atoms with Crippen molar-refractivity contribution < 1.29 is 14.3 Å². The van der Waals surface area contributed by atoms with Crippen molar-refractivity contribution >= 4 is 11.9 Å². The van der Waals surface area contributed by atoms with Crippen LogP contribution in [0.15, 0.2) is 24.3 Å². The standard InChI is InChI=1S/C23H37NO3/c1-4-6-7-8-9-10-11-12-16-20(15-5-2)24-23(26)21-17-13-14-18-22(21)27-19(3)25/h13-14,17-18,20H,4-12,15-16H2,1-3H3,(H,24,26). The fraction of sp³-hybridized carbons (Fsp3) is 0.652. The summed E-state index contributed by atoms with van der Waals surface area (Å²) in [6.07, 6.45) is 13.3. The normalized spacial score (nSPS) is 11.8. The minimum Gasteiger partial charge on any atom is -0.426 e. The second-order valence-corrected chi connectivity index (χ2v) is 7.31. The van der Waals surface area contributed by atoms with E-state index in [9.17, 15) is 9.59 Å². The molecule has 0 saturated carbocycles. The van der Waals surface area contributed by atoms with Crippen LogP contribution in [-0.2, 0) is 4.79 Å². The predicted molar refractivity (Wildman–Crippen MR) is 111 cm³/mol. The van der Waals surface area contributed by atoms with E-state index in [-0.39, 0.29) is 11.9 Å². The van der Waals surface area contributed by atoms with Crippen LogP contribution in [0.1, 0.15) is 102 Å². The molecule has 0 radical (unpaired) electrons. The lowest BCUT2D eigenvalue weighted by molar-refractivity contribution is -0.131. The molecule has 0 aliphatic rings. The van der Waals surface area contributed by atoms with Crippen molar-refractivity contribution in [1.29, 1.82) is 0 Å². The third-order valence-corrected chi connectivity index (χ3v) is 4.76. The second-order valence-electron chi connectivity index (χ2n) is 7.31.